The van der Waals surface area contributed by atoms with E-state index in [1.807, 2.05) is 30.3 Å². The van der Waals surface area contributed by atoms with Crippen LogP contribution in [-0.2, 0) is 0 Å². The average molecular weight is 388 g/mol. The highest BCUT2D eigenvalue weighted by Crippen LogP contribution is 2.21. The van der Waals surface area contributed by atoms with Gasteiger partial charge in [-0.15, -0.1) is 12.4 Å². The molecule has 0 fully saturated rings. The molecular formula is C21H14ClN5O. The summed E-state index contributed by atoms with van der Waals surface area (Å²) >= 11 is 0. The molecule has 0 amide bonds. The van der Waals surface area contributed by atoms with Crippen molar-refractivity contribution in [3.63, 3.8) is 0 Å². The van der Waals surface area contributed by atoms with Crippen LogP contribution in [0.1, 0.15) is 5.56 Å². The van der Waals surface area contributed by atoms with Gasteiger partial charge in [0.2, 0.25) is 0 Å². The molecule has 2 aromatic carbocycles. The second-order valence-corrected chi connectivity index (χ2v) is 5.73. The summed E-state index contributed by atoms with van der Waals surface area (Å²) in [6.07, 6.45) is 3.23. The number of nitrogens with zero attached hydrogens (tertiary/aromatic N) is 5. The highest BCUT2D eigenvalue weighted by atomic mass is 35.5. The molecule has 136 valence electrons. The lowest BCUT2D eigenvalue weighted by atomic mass is 10.1. The third kappa shape index (κ3) is 3.52. The molecule has 0 atom stereocenters. The third-order valence-corrected chi connectivity index (χ3v) is 4.04. The predicted octanol–water partition coefficient (Wildman–Crippen LogP) is 3.65. The minimum Gasteiger partial charge on any atom is -0.267 e. The lowest BCUT2D eigenvalue weighted by molar-refractivity contribution is 0.808. The molecular weight excluding hydrogens is 374 g/mol. The summed E-state index contributed by atoms with van der Waals surface area (Å²) in [5, 5.41) is 13.9. The molecule has 6 nitrogen and oxygen atoms in total. The molecule has 0 radical (unpaired) electrons. The highest BCUT2D eigenvalue weighted by Gasteiger charge is 2.16. The SMILES string of the molecule is Cl.N#Cc1ccccc1-n1nc(-c2ncccn2)cc(-c2ccccc2)c1=O. The minimum atomic E-state index is -0.316. The van der Waals surface area contributed by atoms with E-state index >= 15 is 0 Å². The molecule has 2 heterocycles. The summed E-state index contributed by atoms with van der Waals surface area (Å²) in [6, 6.07) is 21.7. The topological polar surface area (TPSA) is 84.5 Å². The van der Waals surface area contributed by atoms with Crippen LogP contribution in [0.2, 0.25) is 0 Å². The summed E-state index contributed by atoms with van der Waals surface area (Å²) in [5.41, 5.74) is 2.12. The normalized spacial score (nSPS) is 9.96. The molecule has 0 bridgehead atoms. The molecule has 0 saturated carbocycles. The van der Waals surface area contributed by atoms with Gasteiger partial charge in [-0.1, -0.05) is 42.5 Å². The van der Waals surface area contributed by atoms with Gasteiger partial charge in [0, 0.05) is 12.4 Å². The largest absolute Gasteiger partial charge is 0.279 e. The van der Waals surface area contributed by atoms with E-state index in [4.69, 9.17) is 0 Å². The van der Waals surface area contributed by atoms with Crippen LogP contribution < -0.4 is 5.56 Å². The van der Waals surface area contributed by atoms with E-state index in [9.17, 15) is 10.1 Å². The molecule has 0 aliphatic carbocycles. The monoisotopic (exact) mass is 387 g/mol. The maximum absolute atomic E-state index is 13.2. The minimum absolute atomic E-state index is 0. The molecule has 0 spiro atoms. The zero-order chi connectivity index (χ0) is 18.6. The molecule has 0 N–H and O–H groups in total. The van der Waals surface area contributed by atoms with Crippen molar-refractivity contribution >= 4 is 12.4 Å². The summed E-state index contributed by atoms with van der Waals surface area (Å²) in [7, 11) is 0. The molecule has 2 aromatic heterocycles. The fourth-order valence-corrected chi connectivity index (χ4v) is 2.78. The Balaban J connectivity index is 0.00000225. The predicted molar refractivity (Wildman–Crippen MR) is 108 cm³/mol. The number of nitriles is 1. The van der Waals surface area contributed by atoms with E-state index in [1.165, 1.54) is 4.68 Å². The van der Waals surface area contributed by atoms with Crippen molar-refractivity contribution in [2.24, 2.45) is 0 Å². The molecule has 28 heavy (non-hydrogen) atoms. The number of rotatable bonds is 3. The van der Waals surface area contributed by atoms with Gasteiger partial charge < -0.3 is 0 Å². The van der Waals surface area contributed by atoms with Gasteiger partial charge in [0.25, 0.3) is 5.56 Å². The Hall–Kier alpha value is -3.82. The first-order chi connectivity index (χ1) is 13.3. The Kier molecular flexibility index (Phi) is 5.58. The molecule has 0 unspecified atom stereocenters. The first-order valence-electron chi connectivity index (χ1n) is 8.24. The lowest BCUT2D eigenvalue weighted by Crippen LogP contribution is -2.24. The summed E-state index contributed by atoms with van der Waals surface area (Å²) in [5.74, 6) is 0.401. The maximum atomic E-state index is 13.2. The van der Waals surface area contributed by atoms with Crippen molar-refractivity contribution in [2.45, 2.75) is 0 Å². The van der Waals surface area contributed by atoms with Crippen LogP contribution in [0, 0.1) is 11.3 Å². The second kappa shape index (κ2) is 8.25. The number of para-hydroxylation sites is 1. The van der Waals surface area contributed by atoms with Crippen LogP contribution in [0.5, 0.6) is 0 Å². The molecule has 4 aromatic rings. The van der Waals surface area contributed by atoms with Crippen molar-refractivity contribution in [1.29, 1.82) is 5.26 Å². The van der Waals surface area contributed by atoms with Gasteiger partial charge in [-0.25, -0.2) is 9.97 Å². The van der Waals surface area contributed by atoms with Crippen molar-refractivity contribution in [2.75, 3.05) is 0 Å². The Morgan fingerprint density at radius 1 is 0.893 bits per heavy atom. The van der Waals surface area contributed by atoms with Crippen molar-refractivity contribution in [1.82, 2.24) is 19.7 Å². The summed E-state index contributed by atoms with van der Waals surface area (Å²) < 4.78 is 1.24. The highest BCUT2D eigenvalue weighted by molar-refractivity contribution is 5.85. The standard InChI is InChI=1S/C21H13N5O.ClH/c22-14-16-9-4-5-10-19(16)26-21(27)17(15-7-2-1-3-8-15)13-18(25-26)20-23-11-6-12-24-20;/h1-13H;1H. The fraction of sp³-hybridized carbons (Fsp3) is 0. The lowest BCUT2D eigenvalue weighted by Gasteiger charge is -2.11. The van der Waals surface area contributed by atoms with E-state index in [2.05, 4.69) is 21.1 Å². The van der Waals surface area contributed by atoms with Crippen LogP contribution in [0.4, 0.5) is 0 Å². The first-order valence-corrected chi connectivity index (χ1v) is 8.24. The van der Waals surface area contributed by atoms with E-state index in [-0.39, 0.29) is 18.0 Å². The fourth-order valence-electron chi connectivity index (χ4n) is 2.78. The average Bonchev–Trinajstić information content (AvgIpc) is 2.75. The van der Waals surface area contributed by atoms with E-state index < -0.39 is 0 Å². The Labute approximate surface area is 167 Å². The van der Waals surface area contributed by atoms with Crippen LogP contribution in [-0.4, -0.2) is 19.7 Å². The summed E-state index contributed by atoms with van der Waals surface area (Å²) in [6.45, 7) is 0. The molecule has 7 heteroatoms. The van der Waals surface area contributed by atoms with Crippen LogP contribution in [0.25, 0.3) is 28.3 Å². The second-order valence-electron chi connectivity index (χ2n) is 5.73. The van der Waals surface area contributed by atoms with Crippen molar-refractivity contribution < 1.29 is 0 Å². The quantitative estimate of drug-likeness (QED) is 0.535. The molecule has 4 rings (SSSR count). The van der Waals surface area contributed by atoms with Gasteiger partial charge in [-0.05, 0) is 29.8 Å². The maximum Gasteiger partial charge on any atom is 0.279 e. The molecule has 0 aliphatic heterocycles. The molecule has 0 aliphatic rings. The van der Waals surface area contributed by atoms with Crippen LogP contribution in [0.15, 0.2) is 83.9 Å². The van der Waals surface area contributed by atoms with Crippen LogP contribution >= 0.6 is 12.4 Å². The van der Waals surface area contributed by atoms with Gasteiger partial charge in [0.1, 0.15) is 11.8 Å². The van der Waals surface area contributed by atoms with E-state index in [0.717, 1.165) is 5.56 Å². The number of halogens is 1. The van der Waals surface area contributed by atoms with Gasteiger partial charge >= 0.3 is 0 Å². The van der Waals surface area contributed by atoms with E-state index in [0.29, 0.717) is 28.3 Å². The van der Waals surface area contributed by atoms with E-state index in [1.54, 1.807) is 48.8 Å². The third-order valence-electron chi connectivity index (χ3n) is 4.04. The number of aromatic nitrogens is 4. The summed E-state index contributed by atoms with van der Waals surface area (Å²) in [4.78, 5) is 21.6. The van der Waals surface area contributed by atoms with Crippen molar-refractivity contribution in [3.8, 4) is 34.4 Å². The van der Waals surface area contributed by atoms with Crippen LogP contribution in [0.3, 0.4) is 0 Å². The number of hydrogen-bond acceptors (Lipinski definition) is 5. The zero-order valence-corrected chi connectivity index (χ0v) is 15.4. The van der Waals surface area contributed by atoms with Crippen molar-refractivity contribution in [3.05, 3.63) is 95.0 Å². The zero-order valence-electron chi connectivity index (χ0n) is 14.6. The number of benzene rings is 2. The first kappa shape index (κ1) is 19.0. The Bertz CT molecular complexity index is 1200. The van der Waals surface area contributed by atoms with Gasteiger partial charge in [-0.2, -0.15) is 15.0 Å². The van der Waals surface area contributed by atoms with Gasteiger partial charge in [-0.3, -0.25) is 4.79 Å². The molecule has 0 saturated heterocycles. The number of hydrogen-bond donors (Lipinski definition) is 0. The Morgan fingerprint density at radius 2 is 1.57 bits per heavy atom. The smallest absolute Gasteiger partial charge is 0.267 e. The Morgan fingerprint density at radius 3 is 2.29 bits per heavy atom. The van der Waals surface area contributed by atoms with Gasteiger partial charge in [0.15, 0.2) is 5.82 Å². The van der Waals surface area contributed by atoms with Gasteiger partial charge in [0.05, 0.1) is 16.8 Å².